The zero-order valence-corrected chi connectivity index (χ0v) is 18.4. The molecule has 0 bridgehead atoms. The van der Waals surface area contributed by atoms with Crippen molar-refractivity contribution in [1.82, 2.24) is 0 Å². The van der Waals surface area contributed by atoms with Crippen LogP contribution in [0.4, 0.5) is 11.4 Å². The number of hydrogen-bond acceptors (Lipinski definition) is 2. The Morgan fingerprint density at radius 1 is 0.424 bits per heavy atom. The number of benzene rings is 5. The van der Waals surface area contributed by atoms with Crippen LogP contribution in [0.1, 0.15) is 11.1 Å². The molecule has 0 saturated carbocycles. The molecule has 0 unspecified atom stereocenters. The Labute approximate surface area is 195 Å². The Kier molecular flexibility index (Phi) is 5.65. The van der Waals surface area contributed by atoms with Crippen LogP contribution in [0.15, 0.2) is 121 Å². The maximum Gasteiger partial charge on any atom is 0.0314 e. The first-order valence-electron chi connectivity index (χ1n) is 11.2. The predicted molar refractivity (Wildman–Crippen MR) is 141 cm³/mol. The van der Waals surface area contributed by atoms with Gasteiger partial charge in [-0.2, -0.15) is 0 Å². The van der Waals surface area contributed by atoms with E-state index in [0.717, 1.165) is 17.8 Å². The monoisotopic (exact) mass is 426 g/mol. The van der Waals surface area contributed by atoms with Crippen LogP contribution < -0.4 is 11.5 Å². The molecule has 1 aliphatic carbocycles. The summed E-state index contributed by atoms with van der Waals surface area (Å²) in [5, 5.41) is 0. The molecule has 160 valence electrons. The van der Waals surface area contributed by atoms with Gasteiger partial charge in [-0.3, -0.25) is 0 Å². The van der Waals surface area contributed by atoms with Crippen LogP contribution in [0.5, 0.6) is 0 Å². The lowest BCUT2D eigenvalue weighted by Gasteiger charge is -2.16. The molecule has 5 aromatic carbocycles. The summed E-state index contributed by atoms with van der Waals surface area (Å²) >= 11 is 0. The van der Waals surface area contributed by atoms with Crippen LogP contribution >= 0.6 is 0 Å². The minimum Gasteiger partial charge on any atom is -0.399 e. The van der Waals surface area contributed by atoms with Gasteiger partial charge < -0.3 is 11.5 Å². The Balaban J connectivity index is 0.000000332. The number of rotatable bonds is 2. The Hall–Kier alpha value is -4.30. The minimum absolute atomic E-state index is 0.779. The number of hydrogen-bond donors (Lipinski definition) is 2. The topological polar surface area (TPSA) is 52.0 Å². The first-order valence-corrected chi connectivity index (χ1v) is 11.2. The van der Waals surface area contributed by atoms with Crippen molar-refractivity contribution in [2.45, 2.75) is 6.42 Å². The zero-order chi connectivity index (χ0) is 22.6. The van der Waals surface area contributed by atoms with Crippen molar-refractivity contribution in [3.63, 3.8) is 0 Å². The Morgan fingerprint density at radius 3 is 1.55 bits per heavy atom. The van der Waals surface area contributed by atoms with Gasteiger partial charge in [0.05, 0.1) is 0 Å². The van der Waals surface area contributed by atoms with Crippen LogP contribution in [-0.2, 0) is 6.42 Å². The highest BCUT2D eigenvalue weighted by molar-refractivity contribution is 5.94. The number of nitrogens with two attached hydrogens (primary N) is 2. The van der Waals surface area contributed by atoms with Gasteiger partial charge >= 0.3 is 0 Å². The van der Waals surface area contributed by atoms with Crippen LogP contribution in [0.2, 0.25) is 0 Å². The molecule has 6 rings (SSSR count). The molecule has 5 aromatic rings. The molecule has 0 amide bonds. The van der Waals surface area contributed by atoms with Crippen molar-refractivity contribution in [3.8, 4) is 33.4 Å². The Bertz CT molecular complexity index is 1340. The molecule has 0 aromatic heterocycles. The molecule has 33 heavy (non-hydrogen) atoms. The van der Waals surface area contributed by atoms with Gasteiger partial charge in [-0.05, 0) is 75.2 Å². The zero-order valence-electron chi connectivity index (χ0n) is 18.4. The van der Waals surface area contributed by atoms with E-state index >= 15 is 0 Å². The van der Waals surface area contributed by atoms with Gasteiger partial charge in [-0.15, -0.1) is 0 Å². The summed E-state index contributed by atoms with van der Waals surface area (Å²) in [6.07, 6.45) is 0.952. The van der Waals surface area contributed by atoms with E-state index in [2.05, 4.69) is 60.7 Å². The largest absolute Gasteiger partial charge is 0.399 e. The summed E-state index contributed by atoms with van der Waals surface area (Å²) < 4.78 is 0. The molecule has 0 fully saturated rings. The molecule has 0 spiro atoms. The van der Waals surface area contributed by atoms with E-state index in [9.17, 15) is 0 Å². The maximum atomic E-state index is 5.94. The van der Waals surface area contributed by atoms with Gasteiger partial charge in [0.25, 0.3) is 0 Å². The SMILES string of the molecule is Nc1ccc(-c2ccc3c(c2-c2ccc(N)cc2)Cc2ccccc2-3)cc1.c1ccccc1. The lowest BCUT2D eigenvalue weighted by atomic mass is 9.88. The van der Waals surface area contributed by atoms with E-state index in [1.54, 1.807) is 0 Å². The van der Waals surface area contributed by atoms with Gasteiger partial charge in [0.1, 0.15) is 0 Å². The van der Waals surface area contributed by atoms with E-state index in [0.29, 0.717) is 0 Å². The van der Waals surface area contributed by atoms with Crippen molar-refractivity contribution in [2.24, 2.45) is 0 Å². The van der Waals surface area contributed by atoms with Crippen molar-refractivity contribution in [2.75, 3.05) is 11.5 Å². The molecule has 2 nitrogen and oxygen atoms in total. The van der Waals surface area contributed by atoms with E-state index in [1.165, 1.54) is 44.5 Å². The van der Waals surface area contributed by atoms with E-state index < -0.39 is 0 Å². The molecule has 0 heterocycles. The highest BCUT2D eigenvalue weighted by atomic mass is 14.5. The summed E-state index contributed by atoms with van der Waals surface area (Å²) in [4.78, 5) is 0. The van der Waals surface area contributed by atoms with Crippen LogP contribution in [0.3, 0.4) is 0 Å². The van der Waals surface area contributed by atoms with Crippen LogP contribution in [0.25, 0.3) is 33.4 Å². The second kappa shape index (κ2) is 9.05. The predicted octanol–water partition coefficient (Wildman–Crippen LogP) is 7.44. The van der Waals surface area contributed by atoms with Gasteiger partial charge in [-0.1, -0.05) is 97.1 Å². The smallest absolute Gasteiger partial charge is 0.0314 e. The van der Waals surface area contributed by atoms with Gasteiger partial charge in [0, 0.05) is 11.4 Å². The minimum atomic E-state index is 0.779. The van der Waals surface area contributed by atoms with Crippen molar-refractivity contribution < 1.29 is 0 Å². The average molecular weight is 427 g/mol. The third-order valence-corrected chi connectivity index (χ3v) is 6.08. The second-order valence-corrected chi connectivity index (χ2v) is 8.25. The third-order valence-electron chi connectivity index (χ3n) is 6.08. The van der Waals surface area contributed by atoms with E-state index in [1.807, 2.05) is 60.7 Å². The van der Waals surface area contributed by atoms with Crippen LogP contribution in [0, 0.1) is 0 Å². The maximum absolute atomic E-state index is 5.94. The van der Waals surface area contributed by atoms with Gasteiger partial charge in [0.15, 0.2) is 0 Å². The third kappa shape index (κ3) is 4.24. The molecule has 0 atom stereocenters. The fourth-order valence-corrected chi connectivity index (χ4v) is 4.48. The van der Waals surface area contributed by atoms with E-state index in [4.69, 9.17) is 11.5 Å². The molecule has 1 aliphatic rings. The lowest BCUT2D eigenvalue weighted by molar-refractivity contribution is 1.26. The van der Waals surface area contributed by atoms with Crippen molar-refractivity contribution >= 4 is 11.4 Å². The summed E-state index contributed by atoms with van der Waals surface area (Å²) in [6, 6.07) is 41.5. The number of anilines is 2. The van der Waals surface area contributed by atoms with Gasteiger partial charge in [0.2, 0.25) is 0 Å². The lowest BCUT2D eigenvalue weighted by Crippen LogP contribution is -1.94. The molecule has 4 N–H and O–H groups in total. The quantitative estimate of drug-likeness (QED) is 0.283. The fraction of sp³-hybridized carbons (Fsp3) is 0.0323. The highest BCUT2D eigenvalue weighted by Crippen LogP contribution is 2.46. The summed E-state index contributed by atoms with van der Waals surface area (Å²) in [7, 11) is 0. The first kappa shape index (κ1) is 20.6. The molecular formula is C31H26N2. The highest BCUT2D eigenvalue weighted by Gasteiger charge is 2.24. The standard InChI is InChI=1S/C25H20N2.C6H6/c26-19-9-5-16(6-10-19)22-13-14-23-21-4-2-1-3-18(21)15-24(23)25(22)17-7-11-20(27)12-8-17;1-2-4-6-5-3-1/h1-14H,15,26-27H2;1-6H. The summed E-state index contributed by atoms with van der Waals surface area (Å²) in [5.74, 6) is 0. The van der Waals surface area contributed by atoms with Crippen molar-refractivity contribution in [1.29, 1.82) is 0 Å². The number of nitrogen functional groups attached to an aromatic ring is 2. The molecule has 0 saturated heterocycles. The molecular weight excluding hydrogens is 400 g/mol. The second-order valence-electron chi connectivity index (χ2n) is 8.25. The fourth-order valence-electron chi connectivity index (χ4n) is 4.48. The summed E-state index contributed by atoms with van der Waals surface area (Å²) in [6.45, 7) is 0. The van der Waals surface area contributed by atoms with Crippen LogP contribution in [-0.4, -0.2) is 0 Å². The van der Waals surface area contributed by atoms with E-state index in [-0.39, 0.29) is 0 Å². The Morgan fingerprint density at radius 2 is 0.939 bits per heavy atom. The average Bonchev–Trinajstić information content (AvgIpc) is 3.25. The van der Waals surface area contributed by atoms with Gasteiger partial charge in [-0.25, -0.2) is 0 Å². The summed E-state index contributed by atoms with van der Waals surface area (Å²) in [5.41, 5.74) is 23.7. The first-order chi connectivity index (χ1) is 16.2. The number of fused-ring (bicyclic) bond motifs is 3. The van der Waals surface area contributed by atoms with Crippen molar-refractivity contribution in [3.05, 3.63) is 132 Å². The molecule has 0 radical (unpaired) electrons. The molecule has 2 heteroatoms. The normalized spacial score (nSPS) is 11.2. The molecule has 0 aliphatic heterocycles.